The predicted octanol–water partition coefficient (Wildman–Crippen LogP) is 6.12. The first-order valence-corrected chi connectivity index (χ1v) is 13.0. The number of halogens is 1. The van der Waals surface area contributed by atoms with E-state index in [0.29, 0.717) is 5.13 Å². The van der Waals surface area contributed by atoms with Crippen molar-refractivity contribution in [2.24, 2.45) is 0 Å². The number of rotatable bonds is 7. The summed E-state index contributed by atoms with van der Waals surface area (Å²) in [6, 6.07) is 26.5. The average Bonchev–Trinajstić information content (AvgIpc) is 3.44. The van der Waals surface area contributed by atoms with Gasteiger partial charge >= 0.3 is 5.16 Å². The zero-order valence-corrected chi connectivity index (χ0v) is 20.7. The van der Waals surface area contributed by atoms with Crippen LogP contribution in [0.2, 0.25) is 0 Å². The molecule has 5 nitrogen and oxygen atoms in total. The molecule has 3 aromatic carbocycles. The first kappa shape index (κ1) is 21.9. The number of aromatic nitrogens is 3. The minimum Gasteiger partial charge on any atom is -0.301 e. The van der Waals surface area contributed by atoms with Crippen LogP contribution in [0.15, 0.2) is 93.9 Å². The number of amides is 1. The fourth-order valence-corrected chi connectivity index (χ4v) is 5.36. The van der Waals surface area contributed by atoms with Crippen molar-refractivity contribution in [2.75, 3.05) is 11.1 Å². The van der Waals surface area contributed by atoms with Crippen LogP contribution in [0, 0.1) is 0 Å². The van der Waals surface area contributed by atoms with E-state index in [1.165, 1.54) is 28.7 Å². The first-order chi connectivity index (χ1) is 16.2. The second-order valence-electron chi connectivity index (χ2n) is 7.40. The van der Waals surface area contributed by atoms with E-state index in [-0.39, 0.29) is 11.7 Å². The summed E-state index contributed by atoms with van der Waals surface area (Å²) in [5.41, 5.74) is 5.25. The Balaban J connectivity index is 1.28. The molecule has 0 spiro atoms. The van der Waals surface area contributed by atoms with Crippen molar-refractivity contribution in [1.82, 2.24) is 9.97 Å². The Kier molecular flexibility index (Phi) is 6.57. The Morgan fingerprint density at radius 3 is 2.61 bits per heavy atom. The molecule has 2 N–H and O–H groups in total. The normalized spacial score (nSPS) is 11.1. The third-order valence-corrected chi connectivity index (χ3v) is 7.38. The van der Waals surface area contributed by atoms with Crippen molar-refractivity contribution in [3.8, 4) is 11.3 Å². The number of aromatic amines is 1. The van der Waals surface area contributed by atoms with E-state index >= 15 is 0 Å². The molecule has 0 saturated heterocycles. The molecule has 0 saturated carbocycles. The molecule has 0 aliphatic carbocycles. The molecule has 0 fully saturated rings. The van der Waals surface area contributed by atoms with Crippen molar-refractivity contribution in [3.63, 3.8) is 0 Å². The molecule has 2 heterocycles. The molecule has 0 bridgehead atoms. The summed E-state index contributed by atoms with van der Waals surface area (Å²) < 4.78 is 3.24. The van der Waals surface area contributed by atoms with Crippen molar-refractivity contribution < 1.29 is 9.36 Å². The molecule has 0 radical (unpaired) electrons. The number of thioether (sulfide) groups is 1. The molecule has 1 amide bonds. The summed E-state index contributed by atoms with van der Waals surface area (Å²) in [5, 5.41) is 6.44. The van der Waals surface area contributed by atoms with Crippen molar-refractivity contribution in [1.29, 1.82) is 0 Å². The number of hydrogen-bond donors (Lipinski definition) is 2. The van der Waals surface area contributed by atoms with Crippen LogP contribution in [0.5, 0.6) is 0 Å². The van der Waals surface area contributed by atoms with Gasteiger partial charge in [-0.2, -0.15) is 0 Å². The SMILES string of the molecule is O=C(CSc1[nH]c2ccccc2[n+]1Cc1ccccc1)Nc1nc(-c2ccc(Br)cc2)cs1. The largest absolute Gasteiger partial charge is 0.317 e. The van der Waals surface area contributed by atoms with E-state index in [1.807, 2.05) is 60.0 Å². The van der Waals surface area contributed by atoms with Crippen LogP contribution in [0.25, 0.3) is 22.3 Å². The highest BCUT2D eigenvalue weighted by molar-refractivity contribution is 9.10. The number of imidazole rings is 1. The lowest BCUT2D eigenvalue weighted by molar-refractivity contribution is -0.700. The maximum atomic E-state index is 12.7. The summed E-state index contributed by atoms with van der Waals surface area (Å²) >= 11 is 6.37. The van der Waals surface area contributed by atoms with Gasteiger partial charge in [0.15, 0.2) is 16.2 Å². The molecule has 5 rings (SSSR count). The summed E-state index contributed by atoms with van der Waals surface area (Å²) in [4.78, 5) is 20.7. The summed E-state index contributed by atoms with van der Waals surface area (Å²) in [7, 11) is 0. The van der Waals surface area contributed by atoms with Gasteiger partial charge in [0, 0.05) is 15.4 Å². The van der Waals surface area contributed by atoms with E-state index in [2.05, 4.69) is 60.0 Å². The standard InChI is InChI=1S/C25H19BrN4OS2/c26-19-12-10-18(11-13-19)21-15-32-24(27-21)29-23(31)16-33-25-28-20-8-4-5-9-22(20)30(25)14-17-6-2-1-3-7-17/h1-13,15H,14,16H2,(H,27,29,31)/p+1. The molecular weight excluding hydrogens is 516 g/mol. The molecule has 164 valence electrons. The number of hydrogen-bond acceptors (Lipinski definition) is 4. The summed E-state index contributed by atoms with van der Waals surface area (Å²) in [6.07, 6.45) is 0. The predicted molar refractivity (Wildman–Crippen MR) is 139 cm³/mol. The molecule has 0 atom stereocenters. The van der Waals surface area contributed by atoms with Crippen LogP contribution in [0.4, 0.5) is 5.13 Å². The van der Waals surface area contributed by atoms with Crippen LogP contribution >= 0.6 is 39.0 Å². The van der Waals surface area contributed by atoms with E-state index in [4.69, 9.17) is 0 Å². The smallest absolute Gasteiger partial charge is 0.301 e. The van der Waals surface area contributed by atoms with Crippen LogP contribution in [-0.2, 0) is 11.3 Å². The van der Waals surface area contributed by atoms with E-state index in [0.717, 1.165) is 38.5 Å². The van der Waals surface area contributed by atoms with Gasteiger partial charge in [-0.1, -0.05) is 70.5 Å². The van der Waals surface area contributed by atoms with Gasteiger partial charge in [-0.25, -0.2) is 14.5 Å². The van der Waals surface area contributed by atoms with Gasteiger partial charge in [0.1, 0.15) is 6.54 Å². The van der Waals surface area contributed by atoms with Gasteiger partial charge in [0.05, 0.1) is 11.4 Å². The number of thiazole rings is 1. The third kappa shape index (κ3) is 5.19. The Morgan fingerprint density at radius 1 is 1.03 bits per heavy atom. The average molecular weight is 537 g/mol. The topological polar surface area (TPSA) is 61.7 Å². The molecule has 2 aromatic heterocycles. The van der Waals surface area contributed by atoms with Crippen LogP contribution < -0.4 is 9.88 Å². The Hall–Kier alpha value is -2.94. The number of H-pyrrole nitrogens is 1. The number of benzene rings is 3. The molecule has 33 heavy (non-hydrogen) atoms. The second-order valence-corrected chi connectivity index (χ2v) is 10.1. The first-order valence-electron chi connectivity index (χ1n) is 10.3. The molecular formula is C25H20BrN4OS2+. The number of nitrogens with zero attached hydrogens (tertiary/aromatic N) is 2. The van der Waals surface area contributed by atoms with Gasteiger partial charge in [0.2, 0.25) is 5.91 Å². The number of nitrogens with one attached hydrogen (secondary N) is 2. The van der Waals surface area contributed by atoms with Crippen molar-refractivity contribution in [3.05, 3.63) is 94.3 Å². The fourth-order valence-electron chi connectivity index (χ4n) is 3.52. The summed E-state index contributed by atoms with van der Waals surface area (Å²) in [5.74, 6) is 0.205. The number of anilines is 1. The Labute approximate surface area is 208 Å². The number of carbonyl (C=O) groups is 1. The number of carbonyl (C=O) groups excluding carboxylic acids is 1. The van der Waals surface area contributed by atoms with Gasteiger partial charge in [0.25, 0.3) is 0 Å². The molecule has 0 unspecified atom stereocenters. The molecule has 8 heteroatoms. The van der Waals surface area contributed by atoms with Crippen molar-refractivity contribution >= 4 is 61.1 Å². The fraction of sp³-hybridized carbons (Fsp3) is 0.0800. The van der Waals surface area contributed by atoms with Crippen molar-refractivity contribution in [2.45, 2.75) is 11.7 Å². The highest BCUT2D eigenvalue weighted by Crippen LogP contribution is 2.26. The van der Waals surface area contributed by atoms with Gasteiger partial charge in [-0.15, -0.1) is 11.3 Å². The monoisotopic (exact) mass is 535 g/mol. The zero-order valence-electron chi connectivity index (χ0n) is 17.5. The zero-order chi connectivity index (χ0) is 22.6. The van der Waals surface area contributed by atoms with Gasteiger partial charge < -0.3 is 5.32 Å². The molecule has 5 aromatic rings. The van der Waals surface area contributed by atoms with E-state index in [1.54, 1.807) is 0 Å². The number of fused-ring (bicyclic) bond motifs is 1. The van der Waals surface area contributed by atoms with Crippen LogP contribution in [0.3, 0.4) is 0 Å². The van der Waals surface area contributed by atoms with Gasteiger partial charge in [-0.05, 0) is 41.6 Å². The molecule has 0 aliphatic heterocycles. The van der Waals surface area contributed by atoms with Crippen LogP contribution in [-0.4, -0.2) is 21.6 Å². The minimum atomic E-state index is -0.0818. The third-order valence-electron chi connectivity index (χ3n) is 5.10. The maximum absolute atomic E-state index is 12.7. The lowest BCUT2D eigenvalue weighted by atomic mass is 10.2. The van der Waals surface area contributed by atoms with Gasteiger partial charge in [-0.3, -0.25) is 4.79 Å². The summed E-state index contributed by atoms with van der Waals surface area (Å²) in [6.45, 7) is 0.734. The Bertz CT molecular complexity index is 1400. The van der Waals surface area contributed by atoms with Crippen LogP contribution in [0.1, 0.15) is 5.56 Å². The van der Waals surface area contributed by atoms with E-state index < -0.39 is 0 Å². The minimum absolute atomic E-state index is 0.0818. The quantitative estimate of drug-likeness (QED) is 0.195. The number of para-hydroxylation sites is 2. The molecule has 0 aliphatic rings. The lowest BCUT2D eigenvalue weighted by Gasteiger charge is -2.03. The maximum Gasteiger partial charge on any atom is 0.317 e. The van der Waals surface area contributed by atoms with E-state index in [9.17, 15) is 4.79 Å². The highest BCUT2D eigenvalue weighted by Gasteiger charge is 2.20. The second kappa shape index (κ2) is 9.91. The highest BCUT2D eigenvalue weighted by atomic mass is 79.9. The lowest BCUT2D eigenvalue weighted by Crippen LogP contribution is -2.35. The Morgan fingerprint density at radius 2 is 1.79 bits per heavy atom.